The number of fused-ring (bicyclic) bond motifs is 1. The quantitative estimate of drug-likeness (QED) is 0.633. The van der Waals surface area contributed by atoms with E-state index in [1.165, 1.54) is 0 Å². The molecule has 1 saturated heterocycles. The molecule has 1 saturated carbocycles. The number of nitrogens with zero attached hydrogens (tertiary/aromatic N) is 1. The van der Waals surface area contributed by atoms with Crippen molar-refractivity contribution in [3.63, 3.8) is 0 Å². The zero-order chi connectivity index (χ0) is 11.9. The molecule has 1 aliphatic carbocycles. The summed E-state index contributed by atoms with van der Waals surface area (Å²) in [6.45, 7) is 6.30. The molecule has 2 aliphatic rings. The molecule has 0 bridgehead atoms. The zero-order valence-corrected chi connectivity index (χ0v) is 10.2. The topological polar surface area (TPSA) is 46.6 Å². The smallest absolute Gasteiger partial charge is 0.410 e. The van der Waals surface area contributed by atoms with Gasteiger partial charge in [-0.3, -0.25) is 4.79 Å². The van der Waals surface area contributed by atoms with Crippen LogP contribution in [-0.2, 0) is 9.53 Å². The summed E-state index contributed by atoms with van der Waals surface area (Å²) in [6.07, 6.45) is 2.09. The highest BCUT2D eigenvalue weighted by atomic mass is 16.6. The lowest BCUT2D eigenvalue weighted by Gasteiger charge is -2.46. The van der Waals surface area contributed by atoms with Crippen LogP contribution in [0.2, 0.25) is 0 Å². The minimum absolute atomic E-state index is 0.0845. The lowest BCUT2D eigenvalue weighted by Crippen LogP contribution is -2.59. The van der Waals surface area contributed by atoms with Crippen molar-refractivity contribution in [2.24, 2.45) is 5.92 Å². The number of carbonyl (C=O) groups excluding carboxylic acids is 2. The Bertz CT molecular complexity index is 319. The van der Waals surface area contributed by atoms with E-state index in [0.717, 1.165) is 19.4 Å². The number of ketones is 1. The van der Waals surface area contributed by atoms with E-state index in [1.807, 2.05) is 20.8 Å². The van der Waals surface area contributed by atoms with Gasteiger partial charge in [0.2, 0.25) is 0 Å². The summed E-state index contributed by atoms with van der Waals surface area (Å²) >= 11 is 0. The van der Waals surface area contributed by atoms with Crippen LogP contribution in [-0.4, -0.2) is 35.0 Å². The summed E-state index contributed by atoms with van der Waals surface area (Å²) in [4.78, 5) is 25.0. The number of rotatable bonds is 0. The molecule has 2 atom stereocenters. The van der Waals surface area contributed by atoms with Crippen LogP contribution in [0, 0.1) is 5.92 Å². The van der Waals surface area contributed by atoms with Gasteiger partial charge in [0.05, 0.1) is 6.04 Å². The van der Waals surface area contributed by atoms with Gasteiger partial charge in [-0.15, -0.1) is 0 Å². The van der Waals surface area contributed by atoms with Gasteiger partial charge >= 0.3 is 6.09 Å². The Labute approximate surface area is 95.9 Å². The van der Waals surface area contributed by atoms with Crippen molar-refractivity contribution >= 4 is 11.9 Å². The molecule has 2 fully saturated rings. The van der Waals surface area contributed by atoms with Crippen molar-refractivity contribution in [2.75, 3.05) is 6.54 Å². The average molecular weight is 225 g/mol. The summed E-state index contributed by atoms with van der Waals surface area (Å²) in [5.74, 6) is 0.388. The highest BCUT2D eigenvalue weighted by Crippen LogP contribution is 2.36. The maximum atomic E-state index is 11.9. The van der Waals surface area contributed by atoms with E-state index < -0.39 is 5.60 Å². The molecule has 4 nitrogen and oxygen atoms in total. The molecule has 90 valence electrons. The average Bonchev–Trinajstić information content (AvgIpc) is 2.13. The molecule has 0 aromatic carbocycles. The highest BCUT2D eigenvalue weighted by molar-refractivity contribution is 5.90. The van der Waals surface area contributed by atoms with Gasteiger partial charge in [0, 0.05) is 18.9 Å². The number of piperidine rings is 1. The summed E-state index contributed by atoms with van der Waals surface area (Å²) in [6, 6.07) is 0.107. The van der Waals surface area contributed by atoms with Gasteiger partial charge in [-0.1, -0.05) is 0 Å². The molecular formula is C12H19NO3. The van der Waals surface area contributed by atoms with Crippen molar-refractivity contribution < 1.29 is 14.3 Å². The highest BCUT2D eigenvalue weighted by Gasteiger charge is 2.47. The largest absolute Gasteiger partial charge is 0.444 e. The van der Waals surface area contributed by atoms with E-state index in [9.17, 15) is 9.59 Å². The van der Waals surface area contributed by atoms with Gasteiger partial charge in [-0.25, -0.2) is 4.79 Å². The summed E-state index contributed by atoms with van der Waals surface area (Å²) in [5, 5.41) is 0. The Hall–Kier alpha value is -1.06. The second-order valence-corrected chi connectivity index (χ2v) is 5.66. The van der Waals surface area contributed by atoms with E-state index in [-0.39, 0.29) is 18.1 Å². The maximum absolute atomic E-state index is 11.9. The Balaban J connectivity index is 1.99. The minimum atomic E-state index is -0.461. The summed E-state index contributed by atoms with van der Waals surface area (Å²) in [7, 11) is 0. The molecule has 0 unspecified atom stereocenters. The van der Waals surface area contributed by atoms with Crippen LogP contribution in [0.1, 0.15) is 40.0 Å². The Kier molecular flexibility index (Phi) is 2.68. The lowest BCUT2D eigenvalue weighted by molar-refractivity contribution is -0.138. The molecule has 4 heteroatoms. The minimum Gasteiger partial charge on any atom is -0.444 e. The van der Waals surface area contributed by atoms with Gasteiger partial charge in [-0.2, -0.15) is 0 Å². The lowest BCUT2D eigenvalue weighted by atomic mass is 9.72. The number of amides is 1. The number of ether oxygens (including phenoxy) is 1. The monoisotopic (exact) mass is 225 g/mol. The zero-order valence-electron chi connectivity index (χ0n) is 10.2. The number of hydrogen-bond acceptors (Lipinski definition) is 3. The second kappa shape index (κ2) is 3.75. The molecule has 0 N–H and O–H groups in total. The van der Waals surface area contributed by atoms with Gasteiger partial charge in [0.15, 0.2) is 0 Å². The predicted molar refractivity (Wildman–Crippen MR) is 59.1 cm³/mol. The van der Waals surface area contributed by atoms with E-state index in [2.05, 4.69) is 0 Å². The van der Waals surface area contributed by atoms with Crippen LogP contribution in [0.15, 0.2) is 0 Å². The number of likely N-dealkylation sites (tertiary alicyclic amines) is 1. The molecular weight excluding hydrogens is 206 g/mol. The van der Waals surface area contributed by atoms with Gasteiger partial charge < -0.3 is 9.64 Å². The van der Waals surface area contributed by atoms with Crippen LogP contribution in [0.4, 0.5) is 4.79 Å². The Morgan fingerprint density at radius 1 is 1.44 bits per heavy atom. The first-order valence-electron chi connectivity index (χ1n) is 5.91. The van der Waals surface area contributed by atoms with Gasteiger partial charge in [-0.05, 0) is 33.6 Å². The Morgan fingerprint density at radius 3 is 2.69 bits per heavy atom. The fraction of sp³-hybridized carbons (Fsp3) is 0.833. The number of Topliss-reactive ketones (excluding diaryl/α,β-unsaturated/α-hetero) is 1. The van der Waals surface area contributed by atoms with Crippen LogP contribution < -0.4 is 0 Å². The number of hydrogen-bond donors (Lipinski definition) is 0. The third-order valence-electron chi connectivity index (χ3n) is 3.23. The predicted octanol–water partition coefficient (Wildman–Crippen LogP) is 1.97. The SMILES string of the molecule is CC(C)(C)OC(=O)N1CCC[C@H]2C(=O)C[C@H]21. The summed E-state index contributed by atoms with van der Waals surface area (Å²) < 4.78 is 5.34. The fourth-order valence-corrected chi connectivity index (χ4v) is 2.43. The van der Waals surface area contributed by atoms with Crippen LogP contribution >= 0.6 is 0 Å². The first-order valence-corrected chi connectivity index (χ1v) is 5.91. The number of carbonyl (C=O) groups is 2. The first-order chi connectivity index (χ1) is 7.38. The molecule has 0 aromatic rings. The van der Waals surface area contributed by atoms with Crippen molar-refractivity contribution in [2.45, 2.75) is 51.7 Å². The van der Waals surface area contributed by atoms with Crippen LogP contribution in [0.3, 0.4) is 0 Å². The van der Waals surface area contributed by atoms with E-state index in [4.69, 9.17) is 4.74 Å². The van der Waals surface area contributed by atoms with E-state index in [0.29, 0.717) is 12.2 Å². The Morgan fingerprint density at radius 2 is 2.12 bits per heavy atom. The van der Waals surface area contributed by atoms with E-state index in [1.54, 1.807) is 4.90 Å². The fourth-order valence-electron chi connectivity index (χ4n) is 2.43. The first kappa shape index (κ1) is 11.4. The van der Waals surface area contributed by atoms with Crippen molar-refractivity contribution in [1.82, 2.24) is 4.90 Å². The molecule has 0 radical (unpaired) electrons. The third-order valence-corrected chi connectivity index (χ3v) is 3.23. The van der Waals surface area contributed by atoms with Crippen molar-refractivity contribution in [1.29, 1.82) is 0 Å². The van der Waals surface area contributed by atoms with E-state index >= 15 is 0 Å². The third kappa shape index (κ3) is 2.06. The van der Waals surface area contributed by atoms with Gasteiger partial charge in [0.1, 0.15) is 11.4 Å². The molecule has 2 rings (SSSR count). The second-order valence-electron chi connectivity index (χ2n) is 5.66. The van der Waals surface area contributed by atoms with Gasteiger partial charge in [0.25, 0.3) is 0 Å². The molecule has 1 aliphatic heterocycles. The van der Waals surface area contributed by atoms with Crippen LogP contribution in [0.25, 0.3) is 0 Å². The molecule has 1 amide bonds. The molecule has 1 heterocycles. The molecule has 16 heavy (non-hydrogen) atoms. The van der Waals surface area contributed by atoms with Crippen molar-refractivity contribution in [3.8, 4) is 0 Å². The standard InChI is InChI=1S/C12H19NO3/c1-12(2,3)16-11(15)13-6-4-5-8-9(13)7-10(8)14/h8-9H,4-7H2,1-3H3/t8-,9-/m1/s1. The maximum Gasteiger partial charge on any atom is 0.410 e. The van der Waals surface area contributed by atoms with Crippen molar-refractivity contribution in [3.05, 3.63) is 0 Å². The molecule has 0 aromatic heterocycles. The summed E-state index contributed by atoms with van der Waals surface area (Å²) in [5.41, 5.74) is -0.461. The normalized spacial score (nSPS) is 29.4. The van der Waals surface area contributed by atoms with Crippen LogP contribution in [0.5, 0.6) is 0 Å². The molecule has 0 spiro atoms.